The summed E-state index contributed by atoms with van der Waals surface area (Å²) in [4.78, 5) is 4.01. The Kier molecular flexibility index (Phi) is 1.49. The minimum atomic E-state index is 0.817. The van der Waals surface area contributed by atoms with E-state index in [2.05, 4.69) is 27.0 Å². The van der Waals surface area contributed by atoms with E-state index in [1.54, 1.807) is 0 Å². The molecule has 0 aromatic carbocycles. The number of nitrogens with zero attached hydrogens (tertiary/aromatic N) is 1. The van der Waals surface area contributed by atoms with Gasteiger partial charge in [0.2, 0.25) is 0 Å². The van der Waals surface area contributed by atoms with Crippen LogP contribution in [0.3, 0.4) is 0 Å². The Morgan fingerprint density at radius 1 is 1.50 bits per heavy atom. The Balaban J connectivity index is 2.39. The second kappa shape index (κ2) is 2.35. The van der Waals surface area contributed by atoms with Gasteiger partial charge < -0.3 is 0 Å². The molecule has 1 aliphatic carbocycles. The smallest absolute Gasteiger partial charge is 0.0413 e. The number of hydrogen-bond acceptors (Lipinski definition) is 1. The molecule has 0 amide bonds. The number of hydrogen-bond donors (Lipinski definition) is 0. The summed E-state index contributed by atoms with van der Waals surface area (Å²) in [5.41, 5.74) is 1.43. The van der Waals surface area contributed by atoms with Crippen LogP contribution >= 0.6 is 15.9 Å². The fourth-order valence-corrected chi connectivity index (χ4v) is 1.69. The summed E-state index contributed by atoms with van der Waals surface area (Å²) in [5.74, 6) is 0.817. The topological polar surface area (TPSA) is 12.9 Å². The van der Waals surface area contributed by atoms with E-state index in [1.165, 1.54) is 18.4 Å². The Morgan fingerprint density at radius 3 is 2.90 bits per heavy atom. The summed E-state index contributed by atoms with van der Waals surface area (Å²) in [5, 5.41) is 0. The van der Waals surface area contributed by atoms with E-state index in [9.17, 15) is 0 Å². The van der Waals surface area contributed by atoms with Crippen LogP contribution in [-0.2, 0) is 0 Å². The average molecular weight is 198 g/mol. The summed E-state index contributed by atoms with van der Waals surface area (Å²) in [6.07, 6.45) is 6.43. The molecule has 1 aromatic rings. The van der Waals surface area contributed by atoms with Gasteiger partial charge in [0.05, 0.1) is 0 Å². The first-order valence-corrected chi connectivity index (χ1v) is 4.26. The van der Waals surface area contributed by atoms with Gasteiger partial charge in [0, 0.05) is 16.9 Å². The Bertz CT molecular complexity index is 243. The predicted octanol–water partition coefficient (Wildman–Crippen LogP) is 2.72. The summed E-state index contributed by atoms with van der Waals surface area (Å²) in [7, 11) is 0. The first-order valence-electron chi connectivity index (χ1n) is 3.47. The maximum atomic E-state index is 4.01. The lowest BCUT2D eigenvalue weighted by Crippen LogP contribution is -1.81. The number of halogens is 1. The van der Waals surface area contributed by atoms with E-state index in [0.29, 0.717) is 0 Å². The molecule has 1 aliphatic rings. The van der Waals surface area contributed by atoms with Gasteiger partial charge in [0.25, 0.3) is 0 Å². The minimum Gasteiger partial charge on any atom is -0.264 e. The van der Waals surface area contributed by atoms with Crippen molar-refractivity contribution in [2.24, 2.45) is 0 Å². The average Bonchev–Trinajstić information content (AvgIpc) is 2.71. The van der Waals surface area contributed by atoms with Crippen molar-refractivity contribution in [2.45, 2.75) is 18.8 Å². The maximum absolute atomic E-state index is 4.01. The number of rotatable bonds is 1. The molecule has 1 heterocycles. The summed E-state index contributed by atoms with van der Waals surface area (Å²) in [6.45, 7) is 0. The molecule has 0 unspecified atom stereocenters. The maximum Gasteiger partial charge on any atom is 0.0413 e. The highest BCUT2D eigenvalue weighted by molar-refractivity contribution is 9.10. The molecule has 1 aromatic heterocycles. The highest BCUT2D eigenvalue weighted by Gasteiger charge is 2.24. The zero-order valence-electron chi connectivity index (χ0n) is 5.55. The standard InChI is InChI=1S/C8H8BrN/c9-8-5-10-4-3-7(8)6-1-2-6/h3-6H,1-2H2. The normalized spacial score (nSPS) is 17.3. The Morgan fingerprint density at radius 2 is 2.30 bits per heavy atom. The van der Waals surface area contributed by atoms with Gasteiger partial charge in [-0.3, -0.25) is 4.98 Å². The van der Waals surface area contributed by atoms with Crippen LogP contribution in [0.5, 0.6) is 0 Å². The zero-order chi connectivity index (χ0) is 6.97. The molecule has 0 spiro atoms. The van der Waals surface area contributed by atoms with Gasteiger partial charge in [0.1, 0.15) is 0 Å². The van der Waals surface area contributed by atoms with Gasteiger partial charge in [-0.1, -0.05) is 0 Å². The molecule has 0 bridgehead atoms. The molecule has 0 aliphatic heterocycles. The minimum absolute atomic E-state index is 0.817. The van der Waals surface area contributed by atoms with Crippen molar-refractivity contribution in [1.82, 2.24) is 4.98 Å². The first kappa shape index (κ1) is 6.35. The molecule has 0 atom stereocenters. The zero-order valence-corrected chi connectivity index (χ0v) is 7.13. The molecule has 52 valence electrons. The second-order valence-electron chi connectivity index (χ2n) is 2.67. The van der Waals surface area contributed by atoms with Gasteiger partial charge in [-0.15, -0.1) is 0 Å². The van der Waals surface area contributed by atoms with E-state index in [-0.39, 0.29) is 0 Å². The van der Waals surface area contributed by atoms with Gasteiger partial charge in [0.15, 0.2) is 0 Å². The number of aromatic nitrogens is 1. The van der Waals surface area contributed by atoms with E-state index >= 15 is 0 Å². The largest absolute Gasteiger partial charge is 0.264 e. The highest BCUT2D eigenvalue weighted by Crippen LogP contribution is 2.42. The van der Waals surface area contributed by atoms with E-state index in [4.69, 9.17) is 0 Å². The fourth-order valence-electron chi connectivity index (χ4n) is 1.11. The lowest BCUT2D eigenvalue weighted by molar-refractivity contribution is 1.09. The van der Waals surface area contributed by atoms with Gasteiger partial charge >= 0.3 is 0 Å². The van der Waals surface area contributed by atoms with E-state index in [0.717, 1.165) is 10.4 Å². The van der Waals surface area contributed by atoms with Crippen LogP contribution in [0.1, 0.15) is 24.3 Å². The number of pyridine rings is 1. The van der Waals surface area contributed by atoms with Crippen LogP contribution in [0.25, 0.3) is 0 Å². The van der Waals surface area contributed by atoms with Crippen LogP contribution in [0, 0.1) is 0 Å². The van der Waals surface area contributed by atoms with Gasteiger partial charge in [-0.25, -0.2) is 0 Å². The molecule has 1 saturated carbocycles. The molecule has 0 saturated heterocycles. The molecule has 0 radical (unpaired) electrons. The Hall–Kier alpha value is -0.370. The van der Waals surface area contributed by atoms with Crippen LogP contribution in [0.2, 0.25) is 0 Å². The lowest BCUT2D eigenvalue weighted by atomic mass is 10.2. The first-order chi connectivity index (χ1) is 4.88. The van der Waals surface area contributed by atoms with Crippen molar-refractivity contribution in [3.05, 3.63) is 28.5 Å². The van der Waals surface area contributed by atoms with Crippen molar-refractivity contribution in [1.29, 1.82) is 0 Å². The van der Waals surface area contributed by atoms with Crippen LogP contribution in [-0.4, -0.2) is 4.98 Å². The monoisotopic (exact) mass is 197 g/mol. The van der Waals surface area contributed by atoms with Gasteiger partial charge in [-0.05, 0) is 46.3 Å². The molecule has 1 nitrogen and oxygen atoms in total. The van der Waals surface area contributed by atoms with Gasteiger partial charge in [-0.2, -0.15) is 0 Å². The summed E-state index contributed by atoms with van der Waals surface area (Å²) >= 11 is 3.47. The highest BCUT2D eigenvalue weighted by atomic mass is 79.9. The van der Waals surface area contributed by atoms with E-state index in [1.807, 2.05) is 12.4 Å². The molecular weight excluding hydrogens is 190 g/mol. The van der Waals surface area contributed by atoms with Crippen molar-refractivity contribution >= 4 is 15.9 Å². The second-order valence-corrected chi connectivity index (χ2v) is 3.53. The molecule has 1 fully saturated rings. The third kappa shape index (κ3) is 1.08. The molecular formula is C8H8BrN. The van der Waals surface area contributed by atoms with E-state index < -0.39 is 0 Å². The molecule has 10 heavy (non-hydrogen) atoms. The SMILES string of the molecule is Brc1cnccc1C1CC1. The predicted molar refractivity (Wildman–Crippen MR) is 43.9 cm³/mol. The third-order valence-corrected chi connectivity index (χ3v) is 2.48. The van der Waals surface area contributed by atoms with Crippen LogP contribution in [0.15, 0.2) is 22.9 Å². The van der Waals surface area contributed by atoms with Crippen molar-refractivity contribution in [3.63, 3.8) is 0 Å². The Labute approximate surface area is 68.6 Å². The summed E-state index contributed by atoms with van der Waals surface area (Å²) < 4.78 is 1.16. The van der Waals surface area contributed by atoms with Crippen molar-refractivity contribution in [2.75, 3.05) is 0 Å². The quantitative estimate of drug-likeness (QED) is 0.675. The summed E-state index contributed by atoms with van der Waals surface area (Å²) in [6, 6.07) is 2.10. The van der Waals surface area contributed by atoms with Crippen molar-refractivity contribution in [3.8, 4) is 0 Å². The van der Waals surface area contributed by atoms with Crippen LogP contribution in [0.4, 0.5) is 0 Å². The lowest BCUT2D eigenvalue weighted by Gasteiger charge is -1.98. The molecule has 2 heteroatoms. The molecule has 2 rings (SSSR count). The van der Waals surface area contributed by atoms with Crippen LogP contribution < -0.4 is 0 Å². The molecule has 0 N–H and O–H groups in total. The van der Waals surface area contributed by atoms with Crippen molar-refractivity contribution < 1.29 is 0 Å². The third-order valence-electron chi connectivity index (χ3n) is 1.82. The fraction of sp³-hybridized carbons (Fsp3) is 0.375.